The van der Waals surface area contributed by atoms with Crippen LogP contribution in [-0.2, 0) is 0 Å². The van der Waals surface area contributed by atoms with E-state index in [0.29, 0.717) is 0 Å². The predicted molar refractivity (Wildman–Crippen MR) is 72.4 cm³/mol. The second-order valence-corrected chi connectivity index (χ2v) is 5.92. The molecule has 1 aliphatic rings. The van der Waals surface area contributed by atoms with Crippen LogP contribution in [0, 0.1) is 11.8 Å². The Morgan fingerprint density at radius 1 is 1.41 bits per heavy atom. The molecule has 0 aliphatic heterocycles. The van der Waals surface area contributed by atoms with Crippen LogP contribution in [0.3, 0.4) is 0 Å². The van der Waals surface area contributed by atoms with Gasteiger partial charge in [0.15, 0.2) is 0 Å². The second kappa shape index (κ2) is 4.61. The molecular formula is C13H17N3S. The van der Waals surface area contributed by atoms with Crippen LogP contribution in [0.2, 0.25) is 0 Å². The van der Waals surface area contributed by atoms with Crippen molar-refractivity contribution in [3.05, 3.63) is 17.8 Å². The summed E-state index contributed by atoms with van der Waals surface area (Å²) in [6.07, 6.45) is 5.74. The van der Waals surface area contributed by atoms with E-state index in [4.69, 9.17) is 0 Å². The second-order valence-electron chi connectivity index (χ2n) is 5.03. The van der Waals surface area contributed by atoms with Gasteiger partial charge in [0.2, 0.25) is 0 Å². The summed E-state index contributed by atoms with van der Waals surface area (Å²) in [6, 6.07) is 2.10. The lowest BCUT2D eigenvalue weighted by Gasteiger charge is -2.11. The number of thiophene rings is 1. The molecule has 90 valence electrons. The summed E-state index contributed by atoms with van der Waals surface area (Å²) in [5, 5.41) is 6.72. The van der Waals surface area contributed by atoms with E-state index in [1.807, 2.05) is 0 Å². The molecule has 3 rings (SSSR count). The predicted octanol–water partition coefficient (Wildman–Crippen LogP) is 3.54. The van der Waals surface area contributed by atoms with Gasteiger partial charge >= 0.3 is 0 Å². The Kier molecular flexibility index (Phi) is 2.97. The molecule has 1 saturated carbocycles. The van der Waals surface area contributed by atoms with E-state index in [1.54, 1.807) is 17.7 Å². The zero-order valence-corrected chi connectivity index (χ0v) is 10.8. The van der Waals surface area contributed by atoms with Gasteiger partial charge in [0, 0.05) is 6.54 Å². The van der Waals surface area contributed by atoms with Gasteiger partial charge in [-0.15, -0.1) is 11.3 Å². The Balaban J connectivity index is 1.70. The topological polar surface area (TPSA) is 37.8 Å². The number of fused-ring (bicyclic) bond motifs is 1. The van der Waals surface area contributed by atoms with Gasteiger partial charge in [-0.3, -0.25) is 0 Å². The van der Waals surface area contributed by atoms with Gasteiger partial charge in [0.05, 0.1) is 5.39 Å². The van der Waals surface area contributed by atoms with Gasteiger partial charge in [-0.25, -0.2) is 9.97 Å². The number of anilines is 1. The molecule has 17 heavy (non-hydrogen) atoms. The normalized spacial score (nSPS) is 24.3. The smallest absolute Gasteiger partial charge is 0.138 e. The summed E-state index contributed by atoms with van der Waals surface area (Å²) in [4.78, 5) is 9.68. The molecule has 3 nitrogen and oxygen atoms in total. The molecular weight excluding hydrogens is 230 g/mol. The average molecular weight is 247 g/mol. The number of hydrogen-bond donors (Lipinski definition) is 1. The van der Waals surface area contributed by atoms with Crippen molar-refractivity contribution in [3.63, 3.8) is 0 Å². The highest BCUT2D eigenvalue weighted by molar-refractivity contribution is 7.16. The fourth-order valence-corrected chi connectivity index (χ4v) is 3.42. The van der Waals surface area contributed by atoms with Crippen molar-refractivity contribution < 1.29 is 0 Å². The fourth-order valence-electron chi connectivity index (χ4n) is 2.68. The standard InChI is InChI=1S/C13H17N3S/c1-9-2-3-10(6-9)7-14-12-11-4-5-17-13(11)16-8-15-12/h4-5,8-10H,2-3,6-7H2,1H3,(H,14,15,16). The van der Waals surface area contributed by atoms with Crippen molar-refractivity contribution in [1.29, 1.82) is 0 Å². The molecule has 0 bridgehead atoms. The number of nitrogens with zero attached hydrogens (tertiary/aromatic N) is 2. The molecule has 0 saturated heterocycles. The van der Waals surface area contributed by atoms with Crippen LogP contribution in [0.1, 0.15) is 26.2 Å². The van der Waals surface area contributed by atoms with E-state index in [-0.39, 0.29) is 0 Å². The molecule has 2 unspecified atom stereocenters. The summed E-state index contributed by atoms with van der Waals surface area (Å²) in [6.45, 7) is 3.40. The van der Waals surface area contributed by atoms with Gasteiger partial charge in [-0.05, 0) is 36.1 Å². The molecule has 1 aliphatic carbocycles. The van der Waals surface area contributed by atoms with Crippen LogP contribution in [0.15, 0.2) is 17.8 Å². The number of aromatic nitrogens is 2. The maximum absolute atomic E-state index is 4.34. The van der Waals surface area contributed by atoms with Gasteiger partial charge in [-0.1, -0.05) is 13.3 Å². The first-order chi connectivity index (χ1) is 8.33. The largest absolute Gasteiger partial charge is 0.369 e. The van der Waals surface area contributed by atoms with Crippen LogP contribution >= 0.6 is 11.3 Å². The zero-order valence-electron chi connectivity index (χ0n) is 10.0. The van der Waals surface area contributed by atoms with E-state index < -0.39 is 0 Å². The third kappa shape index (κ3) is 2.27. The van der Waals surface area contributed by atoms with E-state index >= 15 is 0 Å². The summed E-state index contributed by atoms with van der Waals surface area (Å²) < 4.78 is 0. The number of hydrogen-bond acceptors (Lipinski definition) is 4. The molecule has 1 N–H and O–H groups in total. The quantitative estimate of drug-likeness (QED) is 0.901. The van der Waals surface area contributed by atoms with Crippen molar-refractivity contribution in [2.45, 2.75) is 26.2 Å². The number of nitrogens with one attached hydrogen (secondary N) is 1. The Bertz CT molecular complexity index is 508. The van der Waals surface area contributed by atoms with E-state index in [1.165, 1.54) is 19.3 Å². The highest BCUT2D eigenvalue weighted by Gasteiger charge is 2.21. The highest BCUT2D eigenvalue weighted by Crippen LogP contribution is 2.31. The Labute approximate surface area is 105 Å². The zero-order chi connectivity index (χ0) is 11.7. The van der Waals surface area contributed by atoms with Crippen molar-refractivity contribution >= 4 is 27.4 Å². The minimum absolute atomic E-state index is 0.814. The van der Waals surface area contributed by atoms with Crippen molar-refractivity contribution in [2.24, 2.45) is 11.8 Å². The van der Waals surface area contributed by atoms with Gasteiger partial charge in [0.1, 0.15) is 17.0 Å². The lowest BCUT2D eigenvalue weighted by atomic mass is 10.1. The molecule has 2 atom stereocenters. The molecule has 0 radical (unpaired) electrons. The minimum atomic E-state index is 0.814. The van der Waals surface area contributed by atoms with Gasteiger partial charge < -0.3 is 5.32 Å². The maximum Gasteiger partial charge on any atom is 0.138 e. The monoisotopic (exact) mass is 247 g/mol. The third-order valence-corrected chi connectivity index (χ3v) is 4.44. The average Bonchev–Trinajstić information content (AvgIpc) is 2.94. The maximum atomic E-state index is 4.34. The van der Waals surface area contributed by atoms with Crippen LogP contribution in [-0.4, -0.2) is 16.5 Å². The first kappa shape index (κ1) is 11.0. The van der Waals surface area contributed by atoms with Crippen molar-refractivity contribution in [3.8, 4) is 0 Å². The summed E-state index contributed by atoms with van der Waals surface area (Å²) in [7, 11) is 0. The van der Waals surface area contributed by atoms with Crippen molar-refractivity contribution in [2.75, 3.05) is 11.9 Å². The van der Waals surface area contributed by atoms with Crippen LogP contribution in [0.5, 0.6) is 0 Å². The number of rotatable bonds is 3. The van der Waals surface area contributed by atoms with Gasteiger partial charge in [-0.2, -0.15) is 0 Å². The molecule has 0 aromatic carbocycles. The molecule has 0 spiro atoms. The molecule has 2 aromatic rings. The minimum Gasteiger partial charge on any atom is -0.369 e. The third-order valence-electron chi connectivity index (χ3n) is 3.62. The fraction of sp³-hybridized carbons (Fsp3) is 0.538. The SMILES string of the molecule is CC1CCC(CNc2ncnc3sccc23)C1. The van der Waals surface area contributed by atoms with E-state index in [2.05, 4.69) is 33.7 Å². The van der Waals surface area contributed by atoms with Crippen molar-refractivity contribution in [1.82, 2.24) is 9.97 Å². The summed E-state index contributed by atoms with van der Waals surface area (Å²) in [5.74, 6) is 2.71. The Morgan fingerprint density at radius 2 is 2.35 bits per heavy atom. The van der Waals surface area contributed by atoms with Crippen LogP contribution in [0.25, 0.3) is 10.2 Å². The molecule has 2 heterocycles. The van der Waals surface area contributed by atoms with Crippen LogP contribution in [0.4, 0.5) is 5.82 Å². The Hall–Kier alpha value is -1.16. The molecule has 2 aromatic heterocycles. The lowest BCUT2D eigenvalue weighted by Crippen LogP contribution is -2.12. The summed E-state index contributed by atoms with van der Waals surface area (Å²) >= 11 is 1.67. The molecule has 4 heteroatoms. The summed E-state index contributed by atoms with van der Waals surface area (Å²) in [5.41, 5.74) is 0. The first-order valence-corrected chi connectivity index (χ1v) is 7.13. The van der Waals surface area contributed by atoms with E-state index in [9.17, 15) is 0 Å². The lowest BCUT2D eigenvalue weighted by molar-refractivity contribution is 0.536. The van der Waals surface area contributed by atoms with Gasteiger partial charge in [0.25, 0.3) is 0 Å². The molecule has 0 amide bonds. The van der Waals surface area contributed by atoms with Crippen LogP contribution < -0.4 is 5.32 Å². The Morgan fingerprint density at radius 3 is 3.18 bits per heavy atom. The van der Waals surface area contributed by atoms with E-state index in [0.717, 1.165) is 34.4 Å². The molecule has 1 fully saturated rings. The highest BCUT2D eigenvalue weighted by atomic mass is 32.1. The first-order valence-electron chi connectivity index (χ1n) is 6.25.